The van der Waals surface area contributed by atoms with E-state index in [1.54, 1.807) is 7.05 Å². The molecule has 0 heterocycles. The van der Waals surface area contributed by atoms with Crippen LogP contribution >= 0.6 is 11.8 Å². The standard InChI is InChI=1S/C14H19NO4S/c1-4-19-11-5-7-12(8-6-11)20-10-13(16)15(2)9-14(17)18-3/h5-8H,4,9-10H2,1-3H3. The van der Waals surface area contributed by atoms with Crippen LogP contribution in [-0.2, 0) is 14.3 Å². The van der Waals surface area contributed by atoms with Crippen molar-refractivity contribution >= 4 is 23.6 Å². The molecule has 110 valence electrons. The number of nitrogens with zero attached hydrogens (tertiary/aromatic N) is 1. The summed E-state index contributed by atoms with van der Waals surface area (Å²) in [6.07, 6.45) is 0. The highest BCUT2D eigenvalue weighted by Gasteiger charge is 2.13. The second kappa shape index (κ2) is 8.47. The molecule has 5 nitrogen and oxygen atoms in total. The number of methoxy groups -OCH3 is 1. The monoisotopic (exact) mass is 297 g/mol. The first-order chi connectivity index (χ1) is 9.56. The van der Waals surface area contributed by atoms with E-state index in [1.807, 2.05) is 31.2 Å². The van der Waals surface area contributed by atoms with Crippen molar-refractivity contribution in [2.45, 2.75) is 11.8 Å². The minimum atomic E-state index is -0.424. The second-order valence-electron chi connectivity index (χ2n) is 4.02. The summed E-state index contributed by atoms with van der Waals surface area (Å²) < 4.78 is 9.86. The maximum absolute atomic E-state index is 11.8. The summed E-state index contributed by atoms with van der Waals surface area (Å²) >= 11 is 1.42. The van der Waals surface area contributed by atoms with E-state index >= 15 is 0 Å². The van der Waals surface area contributed by atoms with Crippen molar-refractivity contribution in [1.82, 2.24) is 4.90 Å². The molecule has 0 unspecified atom stereocenters. The summed E-state index contributed by atoms with van der Waals surface area (Å²) in [5.74, 6) is 0.550. The molecule has 0 fully saturated rings. The fourth-order valence-corrected chi connectivity index (χ4v) is 2.24. The van der Waals surface area contributed by atoms with E-state index in [0.717, 1.165) is 10.6 Å². The van der Waals surface area contributed by atoms with Crippen LogP contribution < -0.4 is 4.74 Å². The Labute approximate surface area is 123 Å². The lowest BCUT2D eigenvalue weighted by Gasteiger charge is -2.15. The molecule has 0 aliphatic heterocycles. The highest BCUT2D eigenvalue weighted by Crippen LogP contribution is 2.21. The van der Waals surface area contributed by atoms with Gasteiger partial charge in [-0.25, -0.2) is 0 Å². The number of amides is 1. The van der Waals surface area contributed by atoms with Crippen molar-refractivity contribution < 1.29 is 19.1 Å². The maximum Gasteiger partial charge on any atom is 0.325 e. The number of benzene rings is 1. The van der Waals surface area contributed by atoms with Crippen LogP contribution in [0, 0.1) is 0 Å². The van der Waals surface area contributed by atoms with Crippen LogP contribution in [0.2, 0.25) is 0 Å². The molecular weight excluding hydrogens is 278 g/mol. The molecule has 0 aliphatic rings. The Bertz CT molecular complexity index is 447. The van der Waals surface area contributed by atoms with E-state index < -0.39 is 5.97 Å². The van der Waals surface area contributed by atoms with E-state index in [0.29, 0.717) is 6.61 Å². The van der Waals surface area contributed by atoms with Crippen molar-refractivity contribution in [3.05, 3.63) is 24.3 Å². The molecule has 0 bridgehead atoms. The lowest BCUT2D eigenvalue weighted by Crippen LogP contribution is -2.33. The third-order valence-electron chi connectivity index (χ3n) is 2.52. The fourth-order valence-electron chi connectivity index (χ4n) is 1.40. The van der Waals surface area contributed by atoms with Crippen molar-refractivity contribution in [2.75, 3.05) is 33.1 Å². The fraction of sp³-hybridized carbons (Fsp3) is 0.429. The summed E-state index contributed by atoms with van der Waals surface area (Å²) in [5.41, 5.74) is 0. The highest BCUT2D eigenvalue weighted by molar-refractivity contribution is 8.00. The molecular formula is C14H19NO4S. The van der Waals surface area contributed by atoms with Gasteiger partial charge < -0.3 is 14.4 Å². The van der Waals surface area contributed by atoms with E-state index in [2.05, 4.69) is 4.74 Å². The number of carbonyl (C=O) groups excluding carboxylic acids is 2. The molecule has 1 rings (SSSR count). The first-order valence-corrected chi connectivity index (χ1v) is 7.21. The SMILES string of the molecule is CCOc1ccc(SCC(=O)N(C)CC(=O)OC)cc1. The van der Waals surface area contributed by atoms with Gasteiger partial charge in [-0.05, 0) is 31.2 Å². The molecule has 1 aromatic carbocycles. The van der Waals surface area contributed by atoms with Crippen LogP contribution in [0.4, 0.5) is 0 Å². The number of hydrogen-bond donors (Lipinski definition) is 0. The van der Waals surface area contributed by atoms with Crippen LogP contribution in [0.1, 0.15) is 6.92 Å². The van der Waals surface area contributed by atoms with E-state index in [4.69, 9.17) is 4.74 Å². The van der Waals surface area contributed by atoms with Crippen LogP contribution in [0.5, 0.6) is 5.75 Å². The largest absolute Gasteiger partial charge is 0.494 e. The summed E-state index contributed by atoms with van der Waals surface area (Å²) in [4.78, 5) is 25.2. The second-order valence-corrected chi connectivity index (χ2v) is 5.07. The average molecular weight is 297 g/mol. The molecule has 0 N–H and O–H groups in total. The number of hydrogen-bond acceptors (Lipinski definition) is 5. The third-order valence-corrected chi connectivity index (χ3v) is 3.51. The number of carbonyl (C=O) groups is 2. The topological polar surface area (TPSA) is 55.8 Å². The quantitative estimate of drug-likeness (QED) is 0.567. The van der Waals surface area contributed by atoms with Gasteiger partial charge in [-0.1, -0.05) is 0 Å². The van der Waals surface area contributed by atoms with Crippen LogP contribution in [0.15, 0.2) is 29.2 Å². The molecule has 0 radical (unpaired) electrons. The Hall–Kier alpha value is -1.69. The van der Waals surface area contributed by atoms with Crippen molar-refractivity contribution in [3.63, 3.8) is 0 Å². The van der Waals surface area contributed by atoms with E-state index in [9.17, 15) is 9.59 Å². The van der Waals surface area contributed by atoms with Crippen molar-refractivity contribution in [1.29, 1.82) is 0 Å². The van der Waals surface area contributed by atoms with Gasteiger partial charge in [0.25, 0.3) is 0 Å². The molecule has 6 heteroatoms. The predicted octanol–water partition coefficient (Wildman–Crippen LogP) is 1.81. The molecule has 1 aromatic rings. The Kier molecular flexibility index (Phi) is 6.93. The Morgan fingerprint density at radius 1 is 1.25 bits per heavy atom. The normalized spacial score (nSPS) is 9.95. The van der Waals surface area contributed by atoms with Gasteiger partial charge in [0, 0.05) is 11.9 Å². The van der Waals surface area contributed by atoms with Crippen molar-refractivity contribution in [2.24, 2.45) is 0 Å². The first kappa shape index (κ1) is 16.4. The maximum atomic E-state index is 11.8. The van der Waals surface area contributed by atoms with E-state index in [-0.39, 0.29) is 18.2 Å². The van der Waals surface area contributed by atoms with Crippen LogP contribution in [0.3, 0.4) is 0 Å². The lowest BCUT2D eigenvalue weighted by atomic mass is 10.3. The van der Waals surface area contributed by atoms with Crippen molar-refractivity contribution in [3.8, 4) is 5.75 Å². The number of thioether (sulfide) groups is 1. The molecule has 0 saturated heterocycles. The summed E-state index contributed by atoms with van der Waals surface area (Å²) in [6, 6.07) is 7.55. The molecule has 0 atom stereocenters. The minimum Gasteiger partial charge on any atom is -0.494 e. The smallest absolute Gasteiger partial charge is 0.325 e. The highest BCUT2D eigenvalue weighted by atomic mass is 32.2. The zero-order valence-electron chi connectivity index (χ0n) is 11.9. The molecule has 0 saturated carbocycles. The number of ether oxygens (including phenoxy) is 2. The Morgan fingerprint density at radius 2 is 1.90 bits per heavy atom. The molecule has 1 amide bonds. The third kappa shape index (κ3) is 5.52. The van der Waals surface area contributed by atoms with Gasteiger partial charge in [0.1, 0.15) is 12.3 Å². The van der Waals surface area contributed by atoms with Gasteiger partial charge in [-0.3, -0.25) is 9.59 Å². The molecule has 0 spiro atoms. The number of esters is 1. The Morgan fingerprint density at radius 3 is 2.45 bits per heavy atom. The summed E-state index contributed by atoms with van der Waals surface area (Å²) in [5, 5.41) is 0. The predicted molar refractivity (Wildman–Crippen MR) is 78.0 cm³/mol. The minimum absolute atomic E-state index is 0.0286. The van der Waals surface area contributed by atoms with Gasteiger partial charge in [-0.15, -0.1) is 11.8 Å². The number of likely N-dealkylation sites (N-methyl/N-ethyl adjacent to an activating group) is 1. The lowest BCUT2D eigenvalue weighted by molar-refractivity contribution is -0.145. The Balaban J connectivity index is 2.42. The van der Waals surface area contributed by atoms with Gasteiger partial charge in [0.15, 0.2) is 0 Å². The molecule has 0 aliphatic carbocycles. The average Bonchev–Trinajstić information content (AvgIpc) is 2.46. The van der Waals surface area contributed by atoms with Gasteiger partial charge in [-0.2, -0.15) is 0 Å². The molecule has 0 aromatic heterocycles. The van der Waals surface area contributed by atoms with Crippen LogP contribution in [0.25, 0.3) is 0 Å². The van der Waals surface area contributed by atoms with Gasteiger partial charge in [0.05, 0.1) is 19.5 Å². The zero-order valence-corrected chi connectivity index (χ0v) is 12.7. The first-order valence-electron chi connectivity index (χ1n) is 6.23. The van der Waals surface area contributed by atoms with Gasteiger partial charge >= 0.3 is 5.97 Å². The van der Waals surface area contributed by atoms with E-state index in [1.165, 1.54) is 23.8 Å². The van der Waals surface area contributed by atoms with Crippen LogP contribution in [-0.4, -0.2) is 49.8 Å². The summed E-state index contributed by atoms with van der Waals surface area (Å²) in [6.45, 7) is 2.53. The number of rotatable bonds is 7. The van der Waals surface area contributed by atoms with Gasteiger partial charge in [0.2, 0.25) is 5.91 Å². The zero-order chi connectivity index (χ0) is 15.0. The molecule has 20 heavy (non-hydrogen) atoms. The summed E-state index contributed by atoms with van der Waals surface area (Å²) in [7, 11) is 2.88.